The van der Waals surface area contributed by atoms with E-state index < -0.39 is 6.03 Å². The molecule has 11 nitrogen and oxygen atoms in total. The molecule has 1 fully saturated rings. The first kappa shape index (κ1) is 28.7. The third-order valence-electron chi connectivity index (χ3n) is 7.38. The summed E-state index contributed by atoms with van der Waals surface area (Å²) >= 11 is 0. The van der Waals surface area contributed by atoms with Crippen molar-refractivity contribution in [2.45, 2.75) is 6.92 Å². The van der Waals surface area contributed by atoms with Crippen molar-refractivity contribution < 1.29 is 14.3 Å². The Morgan fingerprint density at radius 2 is 1.55 bits per heavy atom. The lowest BCUT2D eigenvalue weighted by molar-refractivity contribution is 0.0827. The van der Waals surface area contributed by atoms with Crippen LogP contribution >= 0.6 is 0 Å². The second kappa shape index (κ2) is 12.4. The molecule has 3 amide bonds. The van der Waals surface area contributed by atoms with E-state index in [4.69, 9.17) is 19.7 Å². The lowest BCUT2D eigenvalue weighted by atomic mass is 10.0. The van der Waals surface area contributed by atoms with Crippen LogP contribution in [0.15, 0.2) is 79.3 Å². The van der Waals surface area contributed by atoms with Crippen LogP contribution in [0.2, 0.25) is 0 Å². The number of benzene rings is 2. The molecule has 2 aromatic carbocycles. The predicted molar refractivity (Wildman–Crippen MR) is 171 cm³/mol. The first-order chi connectivity index (χ1) is 21.4. The Labute approximate surface area is 254 Å². The summed E-state index contributed by atoms with van der Waals surface area (Å²) in [5, 5.41) is 5.64. The van der Waals surface area contributed by atoms with Crippen LogP contribution in [-0.2, 0) is 4.74 Å². The number of urea groups is 1. The fraction of sp³-hybridized carbons (Fsp3) is 0.212. The first-order valence-electron chi connectivity index (χ1n) is 14.3. The molecule has 222 valence electrons. The third kappa shape index (κ3) is 6.18. The number of carbonyl (C=O) groups excluding carboxylic acids is 2. The number of rotatable bonds is 6. The molecule has 3 aromatic heterocycles. The van der Waals surface area contributed by atoms with Crippen molar-refractivity contribution in [3.63, 3.8) is 0 Å². The van der Waals surface area contributed by atoms with Crippen LogP contribution in [0.1, 0.15) is 15.9 Å². The van der Waals surface area contributed by atoms with E-state index in [0.29, 0.717) is 49.1 Å². The number of hydrogen-bond acceptors (Lipinski definition) is 8. The fourth-order valence-electron chi connectivity index (χ4n) is 4.99. The highest BCUT2D eigenvalue weighted by Gasteiger charge is 2.20. The molecule has 6 rings (SSSR count). The van der Waals surface area contributed by atoms with Crippen LogP contribution in [0.25, 0.3) is 33.5 Å². The zero-order chi connectivity index (χ0) is 30.6. The average molecular weight is 589 g/mol. The Hall–Kier alpha value is -5.42. The molecular formula is C33H32N8O3. The lowest BCUT2D eigenvalue weighted by Crippen LogP contribution is -2.37. The summed E-state index contributed by atoms with van der Waals surface area (Å²) in [5.41, 5.74) is 7.03. The number of hydrogen-bond donors (Lipinski definition) is 2. The van der Waals surface area contributed by atoms with Gasteiger partial charge in [-0.3, -0.25) is 14.8 Å². The van der Waals surface area contributed by atoms with Gasteiger partial charge < -0.3 is 25.2 Å². The zero-order valence-electron chi connectivity index (χ0n) is 24.7. The molecule has 2 N–H and O–H groups in total. The van der Waals surface area contributed by atoms with Crippen LogP contribution in [0, 0.1) is 6.92 Å². The third-order valence-corrected chi connectivity index (χ3v) is 7.38. The van der Waals surface area contributed by atoms with Gasteiger partial charge in [0.25, 0.3) is 5.91 Å². The topological polar surface area (TPSA) is 125 Å². The summed E-state index contributed by atoms with van der Waals surface area (Å²) in [4.78, 5) is 47.4. The van der Waals surface area contributed by atoms with Crippen LogP contribution in [0.3, 0.4) is 0 Å². The Morgan fingerprint density at radius 1 is 0.864 bits per heavy atom. The minimum atomic E-state index is -0.398. The molecule has 0 bridgehead atoms. The molecule has 5 aromatic rings. The molecule has 0 saturated carbocycles. The minimum absolute atomic E-state index is 0.103. The second-order valence-electron chi connectivity index (χ2n) is 10.7. The van der Waals surface area contributed by atoms with E-state index in [-0.39, 0.29) is 5.91 Å². The Bertz CT molecular complexity index is 1820. The second-order valence-corrected chi connectivity index (χ2v) is 10.7. The van der Waals surface area contributed by atoms with Gasteiger partial charge in [0.1, 0.15) is 5.52 Å². The zero-order valence-corrected chi connectivity index (χ0v) is 24.7. The van der Waals surface area contributed by atoms with Crippen LogP contribution in [0.4, 0.5) is 22.0 Å². The summed E-state index contributed by atoms with van der Waals surface area (Å²) < 4.78 is 5.58. The largest absolute Gasteiger partial charge is 0.378 e. The van der Waals surface area contributed by atoms with E-state index in [1.54, 1.807) is 44.6 Å². The van der Waals surface area contributed by atoms with Crippen molar-refractivity contribution in [3.05, 3.63) is 90.4 Å². The van der Waals surface area contributed by atoms with Crippen molar-refractivity contribution in [2.75, 3.05) is 55.9 Å². The van der Waals surface area contributed by atoms with Gasteiger partial charge >= 0.3 is 6.03 Å². The molecule has 1 saturated heterocycles. The van der Waals surface area contributed by atoms with E-state index in [1.807, 2.05) is 55.7 Å². The van der Waals surface area contributed by atoms with Crippen molar-refractivity contribution in [1.82, 2.24) is 24.8 Å². The maximum absolute atomic E-state index is 12.7. The minimum Gasteiger partial charge on any atom is -0.378 e. The standard InChI is InChI=1S/C33H32N8O3/c1-21-12-13-34-20-27(21)24-18-28-29(35-19-24)31(41-14-16-44-17-15-41)39-30(38-28)22-4-8-25(9-5-22)36-33(43)37-26-10-6-23(7-11-26)32(42)40(2)3/h4-13,18-20H,14-17H2,1-3H3,(H2,36,37,43). The molecular weight excluding hydrogens is 556 g/mol. The fourth-order valence-corrected chi connectivity index (χ4v) is 4.99. The van der Waals surface area contributed by atoms with E-state index in [1.165, 1.54) is 4.90 Å². The van der Waals surface area contributed by atoms with Gasteiger partial charge in [-0.2, -0.15) is 0 Å². The number of nitrogens with one attached hydrogen (secondary N) is 2. The summed E-state index contributed by atoms with van der Waals surface area (Å²) in [6, 6.07) is 17.7. The van der Waals surface area contributed by atoms with E-state index in [0.717, 1.165) is 39.1 Å². The summed E-state index contributed by atoms with van der Waals surface area (Å²) in [6.45, 7) is 4.71. The predicted octanol–water partition coefficient (Wildman–Crippen LogP) is 5.24. The molecule has 44 heavy (non-hydrogen) atoms. The molecule has 0 unspecified atom stereocenters. The number of aryl methyl sites for hydroxylation is 1. The number of amides is 3. The molecule has 0 spiro atoms. The van der Waals surface area contributed by atoms with Crippen molar-refractivity contribution in [1.29, 1.82) is 0 Å². The summed E-state index contributed by atoms with van der Waals surface area (Å²) in [7, 11) is 3.39. The Kier molecular flexibility index (Phi) is 8.11. The number of ether oxygens (including phenoxy) is 1. The van der Waals surface area contributed by atoms with Crippen LogP contribution < -0.4 is 15.5 Å². The number of carbonyl (C=O) groups is 2. The summed E-state index contributed by atoms with van der Waals surface area (Å²) in [6.07, 6.45) is 5.47. The van der Waals surface area contributed by atoms with Crippen molar-refractivity contribution in [2.24, 2.45) is 0 Å². The lowest BCUT2D eigenvalue weighted by Gasteiger charge is -2.28. The van der Waals surface area contributed by atoms with Crippen molar-refractivity contribution in [3.8, 4) is 22.5 Å². The molecule has 1 aliphatic heterocycles. The van der Waals surface area contributed by atoms with E-state index >= 15 is 0 Å². The number of morpholine rings is 1. The highest BCUT2D eigenvalue weighted by atomic mass is 16.5. The number of fused-ring (bicyclic) bond motifs is 1. The number of aromatic nitrogens is 4. The maximum Gasteiger partial charge on any atom is 0.323 e. The SMILES string of the molecule is Cc1ccncc1-c1cnc2c(N3CCOCC3)nc(-c3ccc(NC(=O)Nc4ccc(C(=O)N(C)C)cc4)cc3)nc2c1. The van der Waals surface area contributed by atoms with Gasteiger partial charge in [-0.25, -0.2) is 14.8 Å². The normalized spacial score (nSPS) is 13.0. The highest BCUT2D eigenvalue weighted by molar-refractivity contribution is 6.00. The van der Waals surface area contributed by atoms with Crippen molar-refractivity contribution >= 4 is 40.2 Å². The first-order valence-corrected chi connectivity index (χ1v) is 14.3. The monoisotopic (exact) mass is 588 g/mol. The van der Waals surface area contributed by atoms with Gasteiger partial charge in [0.2, 0.25) is 0 Å². The molecule has 1 aliphatic rings. The van der Waals surface area contributed by atoms with Crippen LogP contribution in [-0.4, -0.2) is 77.2 Å². The molecule has 0 atom stereocenters. The van der Waals surface area contributed by atoms with Gasteiger partial charge in [0.15, 0.2) is 11.6 Å². The Balaban J connectivity index is 1.25. The molecule has 4 heterocycles. The Morgan fingerprint density at radius 3 is 2.20 bits per heavy atom. The van der Waals surface area contributed by atoms with Crippen LogP contribution in [0.5, 0.6) is 0 Å². The van der Waals surface area contributed by atoms with Gasteiger partial charge in [0.05, 0.1) is 18.7 Å². The van der Waals surface area contributed by atoms with Gasteiger partial charge in [-0.05, 0) is 73.2 Å². The maximum atomic E-state index is 12.7. The summed E-state index contributed by atoms with van der Waals surface area (Å²) in [5.74, 6) is 1.22. The number of pyridine rings is 2. The average Bonchev–Trinajstić information content (AvgIpc) is 3.05. The number of anilines is 3. The molecule has 0 aliphatic carbocycles. The molecule has 11 heteroatoms. The van der Waals surface area contributed by atoms with Gasteiger partial charge in [0, 0.05) is 79.4 Å². The van der Waals surface area contributed by atoms with Gasteiger partial charge in [-0.15, -0.1) is 0 Å². The molecule has 0 radical (unpaired) electrons. The highest BCUT2D eigenvalue weighted by Crippen LogP contribution is 2.31. The van der Waals surface area contributed by atoms with E-state index in [2.05, 4.69) is 20.5 Å². The van der Waals surface area contributed by atoms with Gasteiger partial charge in [-0.1, -0.05) is 0 Å². The quantitative estimate of drug-likeness (QED) is 0.276. The smallest absolute Gasteiger partial charge is 0.323 e. The van der Waals surface area contributed by atoms with E-state index in [9.17, 15) is 9.59 Å². The number of nitrogens with zero attached hydrogens (tertiary/aromatic N) is 6.